The van der Waals surface area contributed by atoms with Gasteiger partial charge >= 0.3 is 0 Å². The van der Waals surface area contributed by atoms with Crippen LogP contribution in [0.1, 0.15) is 39.5 Å². The van der Waals surface area contributed by atoms with Crippen LogP contribution in [0.15, 0.2) is 0 Å². The second-order valence-electron chi connectivity index (χ2n) is 4.07. The van der Waals surface area contributed by atoms with Crippen LogP contribution in [0.25, 0.3) is 0 Å². The number of hydrogen-bond acceptors (Lipinski definition) is 2. The first-order chi connectivity index (χ1) is 6.74. The predicted octanol–water partition coefficient (Wildman–Crippen LogP) is 1.72. The lowest BCUT2D eigenvalue weighted by atomic mass is 10.1. The minimum Gasteiger partial charge on any atom is -0.376 e. The molecule has 1 amide bonds. The highest BCUT2D eigenvalue weighted by Gasteiger charge is 2.17. The van der Waals surface area contributed by atoms with Gasteiger partial charge in [0.1, 0.15) is 0 Å². The fourth-order valence-corrected chi connectivity index (χ4v) is 1.76. The lowest BCUT2D eigenvalue weighted by molar-refractivity contribution is -0.125. The maximum absolute atomic E-state index is 11.5. The van der Waals surface area contributed by atoms with Crippen molar-refractivity contribution in [2.45, 2.75) is 45.6 Å². The van der Waals surface area contributed by atoms with E-state index in [1.165, 1.54) is 0 Å². The summed E-state index contributed by atoms with van der Waals surface area (Å²) in [5.74, 6) is 0.309. The van der Waals surface area contributed by atoms with Gasteiger partial charge in [0.25, 0.3) is 0 Å². The van der Waals surface area contributed by atoms with Gasteiger partial charge in [0.05, 0.1) is 6.10 Å². The molecule has 14 heavy (non-hydrogen) atoms. The monoisotopic (exact) mass is 199 g/mol. The molecule has 0 aromatic carbocycles. The summed E-state index contributed by atoms with van der Waals surface area (Å²) in [7, 11) is 0. The van der Waals surface area contributed by atoms with Crippen LogP contribution in [0, 0.1) is 5.92 Å². The normalized spacial score (nSPS) is 23.4. The Balaban J connectivity index is 2.13. The van der Waals surface area contributed by atoms with Crippen LogP contribution in [0.5, 0.6) is 0 Å². The molecule has 1 heterocycles. The van der Waals surface area contributed by atoms with E-state index in [2.05, 4.69) is 12.2 Å². The van der Waals surface area contributed by atoms with Crippen LogP contribution in [-0.2, 0) is 9.53 Å². The topological polar surface area (TPSA) is 38.3 Å². The van der Waals surface area contributed by atoms with Crippen LogP contribution in [-0.4, -0.2) is 25.2 Å². The molecule has 1 rings (SSSR count). The van der Waals surface area contributed by atoms with E-state index >= 15 is 0 Å². The molecule has 0 aromatic heterocycles. The minimum absolute atomic E-state index is 0.140. The summed E-state index contributed by atoms with van der Waals surface area (Å²) in [6.45, 7) is 5.62. The molecule has 3 heteroatoms. The Hall–Kier alpha value is -0.570. The van der Waals surface area contributed by atoms with Crippen molar-refractivity contribution >= 4 is 5.91 Å². The Morgan fingerprint density at radius 1 is 1.64 bits per heavy atom. The molecule has 1 saturated heterocycles. The van der Waals surface area contributed by atoms with Crippen molar-refractivity contribution in [2.75, 3.05) is 13.2 Å². The molecule has 2 unspecified atom stereocenters. The van der Waals surface area contributed by atoms with Crippen molar-refractivity contribution in [1.82, 2.24) is 5.32 Å². The Morgan fingerprint density at radius 3 is 3.00 bits per heavy atom. The Labute approximate surface area is 86.2 Å². The van der Waals surface area contributed by atoms with Crippen molar-refractivity contribution in [3.63, 3.8) is 0 Å². The van der Waals surface area contributed by atoms with Gasteiger partial charge in [-0.3, -0.25) is 4.79 Å². The Morgan fingerprint density at radius 2 is 2.43 bits per heavy atom. The van der Waals surface area contributed by atoms with E-state index in [0.29, 0.717) is 6.54 Å². The first-order valence-electron chi connectivity index (χ1n) is 5.63. The average molecular weight is 199 g/mol. The molecule has 0 bridgehead atoms. The van der Waals surface area contributed by atoms with E-state index in [4.69, 9.17) is 4.74 Å². The second-order valence-corrected chi connectivity index (χ2v) is 4.07. The molecule has 82 valence electrons. The molecule has 0 radical (unpaired) electrons. The van der Waals surface area contributed by atoms with Gasteiger partial charge in [-0.25, -0.2) is 0 Å². The molecule has 0 saturated carbocycles. The van der Waals surface area contributed by atoms with Crippen LogP contribution >= 0.6 is 0 Å². The predicted molar refractivity (Wildman–Crippen MR) is 56.1 cm³/mol. The van der Waals surface area contributed by atoms with Gasteiger partial charge in [0.2, 0.25) is 5.91 Å². The van der Waals surface area contributed by atoms with Gasteiger partial charge in [0, 0.05) is 19.1 Å². The smallest absolute Gasteiger partial charge is 0.222 e. The second kappa shape index (κ2) is 6.02. The zero-order valence-corrected chi connectivity index (χ0v) is 9.21. The standard InChI is InChI=1S/C11H21NO2/c1-3-5-9(2)11(13)12-8-10-6-4-7-14-10/h9-10H,3-8H2,1-2H3,(H,12,13). The summed E-state index contributed by atoms with van der Waals surface area (Å²) < 4.78 is 5.43. The van der Waals surface area contributed by atoms with Gasteiger partial charge < -0.3 is 10.1 Å². The molecule has 3 nitrogen and oxygen atoms in total. The van der Waals surface area contributed by atoms with Gasteiger partial charge in [-0.1, -0.05) is 20.3 Å². The van der Waals surface area contributed by atoms with Crippen molar-refractivity contribution in [1.29, 1.82) is 0 Å². The van der Waals surface area contributed by atoms with Crippen molar-refractivity contribution in [3.8, 4) is 0 Å². The van der Waals surface area contributed by atoms with Gasteiger partial charge in [-0.15, -0.1) is 0 Å². The summed E-state index contributed by atoms with van der Waals surface area (Å²) in [6.07, 6.45) is 4.51. The summed E-state index contributed by atoms with van der Waals surface area (Å²) in [5, 5.41) is 2.95. The van der Waals surface area contributed by atoms with Crippen molar-refractivity contribution in [3.05, 3.63) is 0 Å². The summed E-state index contributed by atoms with van der Waals surface area (Å²) in [5.41, 5.74) is 0. The molecule has 1 fully saturated rings. The molecular weight excluding hydrogens is 178 g/mol. The van der Waals surface area contributed by atoms with Gasteiger partial charge in [0.15, 0.2) is 0 Å². The fourth-order valence-electron chi connectivity index (χ4n) is 1.76. The maximum Gasteiger partial charge on any atom is 0.222 e. The Bertz CT molecular complexity index is 176. The largest absolute Gasteiger partial charge is 0.376 e. The zero-order chi connectivity index (χ0) is 10.4. The third-order valence-corrected chi connectivity index (χ3v) is 2.70. The fraction of sp³-hybridized carbons (Fsp3) is 0.909. The quantitative estimate of drug-likeness (QED) is 0.732. The van der Waals surface area contributed by atoms with E-state index in [1.807, 2.05) is 6.92 Å². The number of nitrogens with one attached hydrogen (secondary N) is 1. The molecule has 2 atom stereocenters. The molecule has 1 aliphatic heterocycles. The highest BCUT2D eigenvalue weighted by molar-refractivity contribution is 5.78. The molecule has 1 N–H and O–H groups in total. The van der Waals surface area contributed by atoms with Crippen LogP contribution in [0.3, 0.4) is 0 Å². The molecule has 0 aliphatic carbocycles. The number of hydrogen-bond donors (Lipinski definition) is 1. The summed E-state index contributed by atoms with van der Waals surface area (Å²) in [6, 6.07) is 0. The van der Waals surface area contributed by atoms with Gasteiger partial charge in [-0.05, 0) is 19.3 Å². The maximum atomic E-state index is 11.5. The van der Waals surface area contributed by atoms with E-state index in [1.54, 1.807) is 0 Å². The van der Waals surface area contributed by atoms with E-state index < -0.39 is 0 Å². The summed E-state index contributed by atoms with van der Waals surface area (Å²) in [4.78, 5) is 11.5. The lowest BCUT2D eigenvalue weighted by Gasteiger charge is -2.14. The molecular formula is C11H21NO2. The number of amides is 1. The third-order valence-electron chi connectivity index (χ3n) is 2.70. The lowest BCUT2D eigenvalue weighted by Crippen LogP contribution is -2.35. The SMILES string of the molecule is CCCC(C)C(=O)NCC1CCCO1. The zero-order valence-electron chi connectivity index (χ0n) is 9.21. The van der Waals surface area contributed by atoms with E-state index in [-0.39, 0.29) is 17.9 Å². The van der Waals surface area contributed by atoms with Crippen LogP contribution < -0.4 is 5.32 Å². The first-order valence-corrected chi connectivity index (χ1v) is 5.63. The Kier molecular flexibility index (Phi) is 4.94. The van der Waals surface area contributed by atoms with Crippen molar-refractivity contribution < 1.29 is 9.53 Å². The van der Waals surface area contributed by atoms with Crippen molar-refractivity contribution in [2.24, 2.45) is 5.92 Å². The highest BCUT2D eigenvalue weighted by atomic mass is 16.5. The van der Waals surface area contributed by atoms with Gasteiger partial charge in [-0.2, -0.15) is 0 Å². The molecule has 0 aromatic rings. The highest BCUT2D eigenvalue weighted by Crippen LogP contribution is 2.11. The third kappa shape index (κ3) is 3.66. The number of carbonyl (C=O) groups excluding carboxylic acids is 1. The molecule has 1 aliphatic rings. The van der Waals surface area contributed by atoms with E-state index in [0.717, 1.165) is 32.3 Å². The number of rotatable bonds is 5. The number of ether oxygens (including phenoxy) is 1. The van der Waals surface area contributed by atoms with Crippen LogP contribution in [0.4, 0.5) is 0 Å². The van der Waals surface area contributed by atoms with Crippen LogP contribution in [0.2, 0.25) is 0 Å². The summed E-state index contributed by atoms with van der Waals surface area (Å²) >= 11 is 0. The minimum atomic E-state index is 0.140. The first kappa shape index (κ1) is 11.5. The van der Waals surface area contributed by atoms with E-state index in [9.17, 15) is 4.79 Å². The average Bonchev–Trinajstić information content (AvgIpc) is 2.67. The molecule has 0 spiro atoms. The number of carbonyl (C=O) groups is 1.